The molecule has 2 aromatic rings. The molecule has 3 nitrogen and oxygen atoms in total. The van der Waals surface area contributed by atoms with Crippen molar-refractivity contribution in [2.24, 2.45) is 0 Å². The van der Waals surface area contributed by atoms with E-state index in [4.69, 9.17) is 0 Å². The Morgan fingerprint density at radius 2 is 1.95 bits per heavy atom. The number of nitrogens with one attached hydrogen (secondary N) is 1. The molecule has 108 valence electrons. The first-order valence-corrected chi connectivity index (χ1v) is 7.89. The highest BCUT2D eigenvalue weighted by molar-refractivity contribution is 9.10. The summed E-state index contributed by atoms with van der Waals surface area (Å²) in [6, 6.07) is 5.26. The van der Waals surface area contributed by atoms with Crippen molar-refractivity contribution in [3.8, 4) is 0 Å². The van der Waals surface area contributed by atoms with Crippen LogP contribution in [0.2, 0.25) is 0 Å². The van der Waals surface area contributed by atoms with Gasteiger partial charge in [-0.1, -0.05) is 6.07 Å². The summed E-state index contributed by atoms with van der Waals surface area (Å²) in [7, 11) is 1.86. The van der Waals surface area contributed by atoms with Crippen molar-refractivity contribution in [2.45, 2.75) is 25.9 Å². The van der Waals surface area contributed by atoms with Gasteiger partial charge in [-0.25, -0.2) is 4.39 Å². The molecular formula is C14H16Br2FN3. The van der Waals surface area contributed by atoms with Gasteiger partial charge in [0.1, 0.15) is 5.82 Å². The number of hydrogen-bond acceptors (Lipinski definition) is 2. The van der Waals surface area contributed by atoms with E-state index in [-0.39, 0.29) is 17.9 Å². The van der Waals surface area contributed by atoms with Gasteiger partial charge in [0, 0.05) is 6.04 Å². The molecule has 1 unspecified atom stereocenters. The van der Waals surface area contributed by atoms with Crippen LogP contribution < -0.4 is 5.32 Å². The van der Waals surface area contributed by atoms with Crippen molar-refractivity contribution in [1.29, 1.82) is 0 Å². The Balaban J connectivity index is 2.52. The molecule has 0 saturated heterocycles. The van der Waals surface area contributed by atoms with E-state index < -0.39 is 0 Å². The van der Waals surface area contributed by atoms with Crippen LogP contribution in [-0.4, -0.2) is 16.8 Å². The van der Waals surface area contributed by atoms with Crippen molar-refractivity contribution >= 4 is 31.9 Å². The first-order chi connectivity index (χ1) is 9.45. The predicted octanol–water partition coefficient (Wildman–Crippen LogP) is 4.44. The standard InChI is InChI=1S/C14H16Br2FN3/c1-8(2)20-14(11(16)7-19-20)13(18-3)9-4-5-10(15)12(17)6-9/h4-8,13,18H,1-3H3. The van der Waals surface area contributed by atoms with E-state index in [0.717, 1.165) is 15.7 Å². The van der Waals surface area contributed by atoms with Crippen LogP contribution in [0.5, 0.6) is 0 Å². The van der Waals surface area contributed by atoms with Crippen LogP contribution in [0.4, 0.5) is 4.39 Å². The zero-order valence-electron chi connectivity index (χ0n) is 11.5. The van der Waals surface area contributed by atoms with Crippen LogP contribution in [0.1, 0.15) is 37.2 Å². The molecule has 1 N–H and O–H groups in total. The number of nitrogens with zero attached hydrogens (tertiary/aromatic N) is 2. The predicted molar refractivity (Wildman–Crippen MR) is 85.3 cm³/mol. The van der Waals surface area contributed by atoms with E-state index in [1.807, 2.05) is 17.8 Å². The van der Waals surface area contributed by atoms with Crippen molar-refractivity contribution in [3.05, 3.63) is 50.4 Å². The zero-order chi connectivity index (χ0) is 14.9. The summed E-state index contributed by atoms with van der Waals surface area (Å²) in [5.41, 5.74) is 1.85. The second kappa shape index (κ2) is 6.37. The summed E-state index contributed by atoms with van der Waals surface area (Å²) >= 11 is 6.71. The van der Waals surface area contributed by atoms with Gasteiger partial charge < -0.3 is 5.32 Å². The van der Waals surface area contributed by atoms with E-state index >= 15 is 0 Å². The largest absolute Gasteiger partial charge is 0.308 e. The lowest BCUT2D eigenvalue weighted by Gasteiger charge is -2.21. The van der Waals surface area contributed by atoms with Gasteiger partial charge in [-0.3, -0.25) is 4.68 Å². The normalized spacial score (nSPS) is 12.9. The molecule has 0 aliphatic carbocycles. The molecule has 0 spiro atoms. The lowest BCUT2D eigenvalue weighted by atomic mass is 10.0. The van der Waals surface area contributed by atoms with Gasteiger partial charge >= 0.3 is 0 Å². The van der Waals surface area contributed by atoms with Gasteiger partial charge in [0.2, 0.25) is 0 Å². The first kappa shape index (κ1) is 15.7. The minimum atomic E-state index is -0.269. The van der Waals surface area contributed by atoms with Crippen molar-refractivity contribution < 1.29 is 4.39 Å². The van der Waals surface area contributed by atoms with Gasteiger partial charge in [0.05, 0.1) is 26.9 Å². The maximum atomic E-state index is 13.8. The SMILES string of the molecule is CNC(c1ccc(Br)c(F)c1)c1c(Br)cnn1C(C)C. The van der Waals surface area contributed by atoms with E-state index in [1.165, 1.54) is 6.07 Å². The average molecular weight is 405 g/mol. The lowest BCUT2D eigenvalue weighted by Crippen LogP contribution is -2.23. The molecule has 0 aliphatic heterocycles. The molecule has 0 fully saturated rings. The van der Waals surface area contributed by atoms with Crippen LogP contribution >= 0.6 is 31.9 Å². The maximum absolute atomic E-state index is 13.8. The molecule has 6 heteroatoms. The fourth-order valence-corrected chi connectivity index (χ4v) is 2.93. The van der Waals surface area contributed by atoms with E-state index in [0.29, 0.717) is 4.47 Å². The summed E-state index contributed by atoms with van der Waals surface area (Å²) in [6.45, 7) is 4.13. The molecule has 1 aromatic carbocycles. The molecular weight excluding hydrogens is 389 g/mol. The Bertz CT molecular complexity index is 610. The van der Waals surface area contributed by atoms with Crippen LogP contribution in [0.15, 0.2) is 33.3 Å². The number of rotatable bonds is 4. The minimum Gasteiger partial charge on any atom is -0.308 e. The highest BCUT2D eigenvalue weighted by Crippen LogP contribution is 2.31. The quantitative estimate of drug-likeness (QED) is 0.816. The second-order valence-corrected chi connectivity index (χ2v) is 6.52. The molecule has 0 aliphatic rings. The lowest BCUT2D eigenvalue weighted by molar-refractivity contribution is 0.482. The van der Waals surface area contributed by atoms with Crippen LogP contribution in [-0.2, 0) is 0 Å². The number of halogens is 3. The molecule has 0 bridgehead atoms. The molecule has 0 radical (unpaired) electrons. The third-order valence-electron chi connectivity index (χ3n) is 3.12. The zero-order valence-corrected chi connectivity index (χ0v) is 14.7. The Morgan fingerprint density at radius 1 is 1.25 bits per heavy atom. The van der Waals surface area contributed by atoms with Gasteiger partial charge in [-0.05, 0) is 70.5 Å². The summed E-state index contributed by atoms with van der Waals surface area (Å²) in [5, 5.41) is 7.61. The average Bonchev–Trinajstić information content (AvgIpc) is 2.77. The fourth-order valence-electron chi connectivity index (χ4n) is 2.19. The Morgan fingerprint density at radius 3 is 2.50 bits per heavy atom. The number of aromatic nitrogens is 2. The van der Waals surface area contributed by atoms with E-state index in [9.17, 15) is 4.39 Å². The minimum absolute atomic E-state index is 0.128. The highest BCUT2D eigenvalue weighted by Gasteiger charge is 2.22. The maximum Gasteiger partial charge on any atom is 0.137 e. The molecule has 1 heterocycles. The second-order valence-electron chi connectivity index (χ2n) is 4.81. The smallest absolute Gasteiger partial charge is 0.137 e. The van der Waals surface area contributed by atoms with Crippen LogP contribution in [0, 0.1) is 5.82 Å². The molecule has 1 aromatic heterocycles. The Kier molecular flexibility index (Phi) is 4.99. The van der Waals surface area contributed by atoms with Gasteiger partial charge in [0.25, 0.3) is 0 Å². The number of benzene rings is 1. The molecule has 20 heavy (non-hydrogen) atoms. The van der Waals surface area contributed by atoms with Gasteiger partial charge in [-0.15, -0.1) is 0 Å². The monoisotopic (exact) mass is 403 g/mol. The van der Waals surface area contributed by atoms with Crippen LogP contribution in [0.25, 0.3) is 0 Å². The Hall–Kier alpha value is -0.720. The van der Waals surface area contributed by atoms with Gasteiger partial charge in [0.15, 0.2) is 0 Å². The summed E-state index contributed by atoms with van der Waals surface area (Å²) < 4.78 is 17.1. The fraction of sp³-hybridized carbons (Fsp3) is 0.357. The molecule has 0 amide bonds. The van der Waals surface area contributed by atoms with E-state index in [2.05, 4.69) is 56.1 Å². The molecule has 0 saturated carbocycles. The summed E-state index contributed by atoms with van der Waals surface area (Å²) in [4.78, 5) is 0. The molecule has 2 rings (SSSR count). The van der Waals surface area contributed by atoms with E-state index in [1.54, 1.807) is 12.3 Å². The third kappa shape index (κ3) is 2.97. The molecule has 1 atom stereocenters. The van der Waals surface area contributed by atoms with Crippen LogP contribution in [0.3, 0.4) is 0 Å². The highest BCUT2D eigenvalue weighted by atomic mass is 79.9. The number of hydrogen-bond donors (Lipinski definition) is 1. The van der Waals surface area contributed by atoms with Crippen molar-refractivity contribution in [3.63, 3.8) is 0 Å². The van der Waals surface area contributed by atoms with Crippen molar-refractivity contribution in [2.75, 3.05) is 7.05 Å². The Labute approximate surface area is 134 Å². The third-order valence-corrected chi connectivity index (χ3v) is 4.37. The van der Waals surface area contributed by atoms with Crippen molar-refractivity contribution in [1.82, 2.24) is 15.1 Å². The topological polar surface area (TPSA) is 29.9 Å². The first-order valence-electron chi connectivity index (χ1n) is 6.30. The summed E-state index contributed by atoms with van der Waals surface area (Å²) in [5.74, 6) is -0.269. The van der Waals surface area contributed by atoms with Gasteiger partial charge in [-0.2, -0.15) is 5.10 Å². The summed E-state index contributed by atoms with van der Waals surface area (Å²) in [6.07, 6.45) is 1.77.